The summed E-state index contributed by atoms with van der Waals surface area (Å²) in [6.07, 6.45) is 2.18. The van der Waals surface area contributed by atoms with Gasteiger partial charge in [-0.3, -0.25) is 4.79 Å². The Hall–Kier alpha value is -1.35. The number of benzene rings is 1. The number of hydrogen-bond acceptors (Lipinski definition) is 3. The Morgan fingerprint density at radius 3 is 2.83 bits per heavy atom. The standard InChI is InChI=1S/C15H20O3/c1-10-4-6-14(17-3)12(8-10)9-13(16)15-7-5-11(2)18-15/h4,6,8,11,15H,5,7,9H2,1-3H3. The van der Waals surface area contributed by atoms with Crippen LogP contribution < -0.4 is 4.74 Å². The van der Waals surface area contributed by atoms with Crippen molar-refractivity contribution < 1.29 is 14.3 Å². The van der Waals surface area contributed by atoms with E-state index in [4.69, 9.17) is 9.47 Å². The van der Waals surface area contributed by atoms with Gasteiger partial charge in [-0.15, -0.1) is 0 Å². The summed E-state index contributed by atoms with van der Waals surface area (Å²) in [4.78, 5) is 12.2. The van der Waals surface area contributed by atoms with E-state index >= 15 is 0 Å². The van der Waals surface area contributed by atoms with E-state index in [2.05, 4.69) is 0 Å². The first-order chi connectivity index (χ1) is 8.60. The molecule has 1 heterocycles. The van der Waals surface area contributed by atoms with Crippen molar-refractivity contribution in [3.05, 3.63) is 29.3 Å². The second kappa shape index (κ2) is 5.53. The number of carbonyl (C=O) groups excluding carboxylic acids is 1. The molecule has 1 aliphatic rings. The molecule has 0 aliphatic carbocycles. The van der Waals surface area contributed by atoms with Crippen molar-refractivity contribution in [3.63, 3.8) is 0 Å². The van der Waals surface area contributed by atoms with Gasteiger partial charge in [0.25, 0.3) is 0 Å². The van der Waals surface area contributed by atoms with E-state index < -0.39 is 0 Å². The summed E-state index contributed by atoms with van der Waals surface area (Å²) in [5.41, 5.74) is 2.09. The predicted octanol–water partition coefficient (Wildman–Crippen LogP) is 2.68. The van der Waals surface area contributed by atoms with Crippen LogP contribution in [0.5, 0.6) is 5.75 Å². The summed E-state index contributed by atoms with van der Waals surface area (Å²) < 4.78 is 10.9. The number of carbonyl (C=O) groups is 1. The smallest absolute Gasteiger partial charge is 0.166 e. The van der Waals surface area contributed by atoms with E-state index in [0.29, 0.717) is 6.42 Å². The summed E-state index contributed by atoms with van der Waals surface area (Å²) in [5, 5.41) is 0. The zero-order valence-electron chi connectivity index (χ0n) is 11.2. The molecule has 0 spiro atoms. The van der Waals surface area contributed by atoms with Gasteiger partial charge in [0.05, 0.1) is 13.2 Å². The van der Waals surface area contributed by atoms with Gasteiger partial charge in [0, 0.05) is 12.0 Å². The van der Waals surface area contributed by atoms with Crippen LogP contribution in [0.15, 0.2) is 18.2 Å². The van der Waals surface area contributed by atoms with Gasteiger partial charge in [0.1, 0.15) is 11.9 Å². The molecule has 1 saturated heterocycles. The van der Waals surface area contributed by atoms with E-state index in [1.165, 1.54) is 0 Å². The predicted molar refractivity (Wildman–Crippen MR) is 70.0 cm³/mol. The van der Waals surface area contributed by atoms with Crippen molar-refractivity contribution in [2.75, 3.05) is 7.11 Å². The number of ketones is 1. The molecule has 0 amide bonds. The normalized spacial score (nSPS) is 23.1. The highest BCUT2D eigenvalue weighted by molar-refractivity contribution is 5.86. The fourth-order valence-corrected chi connectivity index (χ4v) is 2.39. The number of ether oxygens (including phenoxy) is 2. The summed E-state index contributed by atoms with van der Waals surface area (Å²) in [5.74, 6) is 0.934. The Bertz CT molecular complexity index is 439. The maximum atomic E-state index is 12.2. The summed E-state index contributed by atoms with van der Waals surface area (Å²) in [6, 6.07) is 5.91. The molecule has 2 rings (SSSR count). The van der Waals surface area contributed by atoms with Crippen molar-refractivity contribution in [1.82, 2.24) is 0 Å². The fraction of sp³-hybridized carbons (Fsp3) is 0.533. The van der Waals surface area contributed by atoms with Crippen molar-refractivity contribution in [3.8, 4) is 5.75 Å². The summed E-state index contributed by atoms with van der Waals surface area (Å²) >= 11 is 0. The highest BCUT2D eigenvalue weighted by Gasteiger charge is 2.28. The highest BCUT2D eigenvalue weighted by Crippen LogP contribution is 2.24. The second-order valence-corrected chi connectivity index (χ2v) is 4.97. The molecule has 3 heteroatoms. The molecule has 1 aliphatic heterocycles. The lowest BCUT2D eigenvalue weighted by Gasteiger charge is -2.12. The minimum Gasteiger partial charge on any atom is -0.496 e. The van der Waals surface area contributed by atoms with Crippen LogP contribution in [0.4, 0.5) is 0 Å². The van der Waals surface area contributed by atoms with E-state index in [1.807, 2.05) is 32.0 Å². The Balaban J connectivity index is 2.09. The second-order valence-electron chi connectivity index (χ2n) is 4.97. The van der Waals surface area contributed by atoms with Crippen LogP contribution in [0.1, 0.15) is 30.9 Å². The first-order valence-corrected chi connectivity index (χ1v) is 6.42. The van der Waals surface area contributed by atoms with Gasteiger partial charge in [0.15, 0.2) is 5.78 Å². The number of Topliss-reactive ketones (excluding diaryl/α,β-unsaturated/α-hetero) is 1. The van der Waals surface area contributed by atoms with Gasteiger partial charge in [-0.2, -0.15) is 0 Å². The molecule has 98 valence electrons. The van der Waals surface area contributed by atoms with E-state index in [0.717, 1.165) is 29.7 Å². The van der Waals surface area contributed by atoms with Crippen molar-refractivity contribution in [2.24, 2.45) is 0 Å². The molecule has 3 nitrogen and oxygen atoms in total. The number of aryl methyl sites for hydroxylation is 1. The maximum Gasteiger partial charge on any atom is 0.166 e. The molecule has 18 heavy (non-hydrogen) atoms. The Morgan fingerprint density at radius 2 is 2.22 bits per heavy atom. The van der Waals surface area contributed by atoms with Gasteiger partial charge < -0.3 is 9.47 Å². The average Bonchev–Trinajstić information content (AvgIpc) is 2.76. The Morgan fingerprint density at radius 1 is 1.44 bits per heavy atom. The lowest BCUT2D eigenvalue weighted by Crippen LogP contribution is -2.22. The molecule has 0 bridgehead atoms. The largest absolute Gasteiger partial charge is 0.496 e. The lowest BCUT2D eigenvalue weighted by atomic mass is 10.0. The van der Waals surface area contributed by atoms with Crippen LogP contribution in [0.2, 0.25) is 0 Å². The first kappa shape index (κ1) is 13.1. The van der Waals surface area contributed by atoms with Crippen LogP contribution in [0.3, 0.4) is 0 Å². The van der Waals surface area contributed by atoms with Gasteiger partial charge in [-0.25, -0.2) is 0 Å². The van der Waals surface area contributed by atoms with Crippen molar-refractivity contribution in [1.29, 1.82) is 0 Å². The van der Waals surface area contributed by atoms with Crippen LogP contribution in [0.25, 0.3) is 0 Å². The minimum absolute atomic E-state index is 0.156. The SMILES string of the molecule is COc1ccc(C)cc1CC(=O)C1CCC(C)O1. The van der Waals surface area contributed by atoms with E-state index in [1.54, 1.807) is 7.11 Å². The van der Waals surface area contributed by atoms with E-state index in [-0.39, 0.29) is 18.0 Å². The molecule has 0 N–H and O–H groups in total. The van der Waals surface area contributed by atoms with Gasteiger partial charge >= 0.3 is 0 Å². The molecule has 0 saturated carbocycles. The fourth-order valence-electron chi connectivity index (χ4n) is 2.39. The Kier molecular flexibility index (Phi) is 4.02. The minimum atomic E-state index is -0.231. The average molecular weight is 248 g/mol. The van der Waals surface area contributed by atoms with Crippen LogP contribution >= 0.6 is 0 Å². The van der Waals surface area contributed by atoms with Crippen molar-refractivity contribution >= 4 is 5.78 Å². The molecule has 0 aromatic heterocycles. The molecule has 2 unspecified atom stereocenters. The summed E-state index contributed by atoms with van der Waals surface area (Å²) in [7, 11) is 1.63. The van der Waals surface area contributed by atoms with Gasteiger partial charge in [-0.1, -0.05) is 17.7 Å². The van der Waals surface area contributed by atoms with E-state index in [9.17, 15) is 4.79 Å². The Labute approximate surface area is 108 Å². The third-order valence-electron chi connectivity index (χ3n) is 3.39. The quantitative estimate of drug-likeness (QED) is 0.821. The third kappa shape index (κ3) is 2.91. The van der Waals surface area contributed by atoms with Crippen molar-refractivity contribution in [2.45, 2.75) is 45.3 Å². The van der Waals surface area contributed by atoms with Gasteiger partial charge in [-0.05, 0) is 32.8 Å². The molecule has 1 fully saturated rings. The van der Waals surface area contributed by atoms with Crippen LogP contribution in [-0.4, -0.2) is 25.1 Å². The maximum absolute atomic E-state index is 12.2. The van der Waals surface area contributed by atoms with Gasteiger partial charge in [0.2, 0.25) is 0 Å². The van der Waals surface area contributed by atoms with Crippen LogP contribution in [-0.2, 0) is 16.0 Å². The van der Waals surface area contributed by atoms with Crippen LogP contribution in [0, 0.1) is 6.92 Å². The zero-order valence-corrected chi connectivity index (χ0v) is 11.2. The number of methoxy groups -OCH3 is 1. The number of hydrogen-bond donors (Lipinski definition) is 0. The first-order valence-electron chi connectivity index (χ1n) is 6.42. The molecule has 2 atom stereocenters. The highest BCUT2D eigenvalue weighted by atomic mass is 16.5. The molecule has 1 aromatic rings. The molecule has 1 aromatic carbocycles. The summed E-state index contributed by atoms with van der Waals surface area (Å²) in [6.45, 7) is 4.03. The molecule has 0 radical (unpaired) electrons. The zero-order chi connectivity index (χ0) is 13.1. The molecular weight excluding hydrogens is 228 g/mol. The topological polar surface area (TPSA) is 35.5 Å². The monoisotopic (exact) mass is 248 g/mol. The molecular formula is C15H20O3. The number of rotatable bonds is 4. The third-order valence-corrected chi connectivity index (χ3v) is 3.39. The lowest BCUT2D eigenvalue weighted by molar-refractivity contribution is -0.128.